The van der Waals surface area contributed by atoms with Gasteiger partial charge in [0.2, 0.25) is 0 Å². The molecular weight excluding hydrogens is 536 g/mol. The number of nitrogens with one attached hydrogen (secondary N) is 2. The third-order valence-electron chi connectivity index (χ3n) is 6.49. The topological polar surface area (TPSA) is 176 Å². The lowest BCUT2D eigenvalue weighted by Gasteiger charge is -2.40. The molecule has 6 N–H and O–H groups in total. The quantitative estimate of drug-likeness (QED) is 0.151. The number of allylic oxidation sites excluding steroid dienone is 1. The van der Waals surface area contributed by atoms with Gasteiger partial charge >= 0.3 is 11.9 Å². The molecule has 0 spiro atoms. The van der Waals surface area contributed by atoms with Crippen molar-refractivity contribution in [3.63, 3.8) is 0 Å². The number of methoxy groups -OCH3 is 1. The fourth-order valence-corrected chi connectivity index (χ4v) is 4.82. The van der Waals surface area contributed by atoms with Gasteiger partial charge in [0.1, 0.15) is 30.6 Å². The molecule has 1 saturated heterocycles. The van der Waals surface area contributed by atoms with Crippen LogP contribution in [-0.4, -0.2) is 103 Å². The van der Waals surface area contributed by atoms with Crippen molar-refractivity contribution in [3.8, 4) is 0 Å². The van der Waals surface area contributed by atoms with Crippen molar-refractivity contribution in [2.45, 2.75) is 50.4 Å². The first-order valence-electron chi connectivity index (χ1n) is 12.5. The Bertz CT molecular complexity index is 1090. The smallest absolute Gasteiger partial charge is 0.336 e. The van der Waals surface area contributed by atoms with Gasteiger partial charge in [-0.2, -0.15) is 0 Å². The maximum absolute atomic E-state index is 13.2. The molecule has 2 aliphatic heterocycles. The number of aliphatic hydroxyl groups excluding tert-OH is 4. The highest BCUT2D eigenvalue weighted by atomic mass is 35.5. The van der Waals surface area contributed by atoms with E-state index in [9.17, 15) is 30.0 Å². The van der Waals surface area contributed by atoms with Crippen LogP contribution in [0.1, 0.15) is 25.3 Å². The van der Waals surface area contributed by atoms with E-state index in [0.717, 1.165) is 0 Å². The molecule has 3 rings (SSSR count). The first-order chi connectivity index (χ1) is 18.7. The van der Waals surface area contributed by atoms with E-state index >= 15 is 0 Å². The summed E-state index contributed by atoms with van der Waals surface area (Å²) in [5.41, 5.74) is 1.71. The van der Waals surface area contributed by atoms with E-state index in [2.05, 4.69) is 10.6 Å². The van der Waals surface area contributed by atoms with Crippen LogP contribution >= 0.6 is 11.6 Å². The minimum absolute atomic E-state index is 0.0722. The highest BCUT2D eigenvalue weighted by molar-refractivity contribution is 6.31. The van der Waals surface area contributed by atoms with Crippen LogP contribution in [0.5, 0.6) is 0 Å². The van der Waals surface area contributed by atoms with E-state index in [1.54, 1.807) is 38.1 Å². The fourth-order valence-electron chi connectivity index (χ4n) is 4.58. The van der Waals surface area contributed by atoms with Crippen molar-refractivity contribution >= 4 is 23.5 Å². The van der Waals surface area contributed by atoms with E-state index in [4.69, 9.17) is 30.5 Å². The van der Waals surface area contributed by atoms with Crippen LogP contribution in [0, 0.1) is 0 Å². The Morgan fingerprint density at radius 3 is 2.46 bits per heavy atom. The molecule has 2 heterocycles. The Balaban J connectivity index is 1.80. The van der Waals surface area contributed by atoms with Gasteiger partial charge in [0.15, 0.2) is 0 Å². The zero-order chi connectivity index (χ0) is 28.7. The third kappa shape index (κ3) is 6.97. The number of halogens is 1. The normalized spacial score (nSPS) is 27.3. The average molecular weight is 571 g/mol. The molecule has 2 aliphatic rings. The van der Waals surface area contributed by atoms with Gasteiger partial charge in [-0.1, -0.05) is 29.8 Å². The summed E-state index contributed by atoms with van der Waals surface area (Å²) >= 11 is 6.49. The number of rotatable bonds is 11. The second kappa shape index (κ2) is 14.2. The van der Waals surface area contributed by atoms with Crippen molar-refractivity contribution in [3.05, 3.63) is 57.4 Å². The maximum Gasteiger partial charge on any atom is 0.336 e. The molecule has 13 heteroatoms. The Hall–Kier alpha value is -2.55. The standard InChI is InChI=1S/C26H35ClN2O10/c1-4-38-26(35)20-16(12-37-10-9-28-24-23(33)22(32)21(31)17(11-30)39-24)29-13(2)18(25(34)36-3)19(20)14-7-5-6-8-15(14)27/h5-8,17,19,21-24,28-33H,4,9-12H2,1-3H3/t17?,19?,21-,22-,23?,24+/m0/s1. The Labute approximate surface area is 231 Å². The molecule has 0 aromatic heterocycles. The van der Waals surface area contributed by atoms with Crippen LogP contribution in [0.15, 0.2) is 46.8 Å². The Morgan fingerprint density at radius 1 is 1.10 bits per heavy atom. The summed E-state index contributed by atoms with van der Waals surface area (Å²) in [6, 6.07) is 6.86. The van der Waals surface area contributed by atoms with Gasteiger partial charge in [-0.3, -0.25) is 5.32 Å². The SMILES string of the molecule is CCOC(=O)C1=C(COCCN[C@@H]2OC(CO)[C@H](O)[C@H](O)C2O)NC(C)=C(C(=O)OC)C1c1ccccc1Cl. The minimum atomic E-state index is -1.50. The molecule has 0 aliphatic carbocycles. The van der Waals surface area contributed by atoms with Gasteiger partial charge in [0.05, 0.1) is 56.3 Å². The molecule has 6 atom stereocenters. The van der Waals surface area contributed by atoms with Crippen LogP contribution in [0.25, 0.3) is 0 Å². The summed E-state index contributed by atoms with van der Waals surface area (Å²) in [6.07, 6.45) is -6.47. The van der Waals surface area contributed by atoms with Crippen LogP contribution in [0.4, 0.5) is 0 Å². The van der Waals surface area contributed by atoms with Gasteiger partial charge in [0.25, 0.3) is 0 Å². The number of esters is 2. The maximum atomic E-state index is 13.2. The van der Waals surface area contributed by atoms with Crippen molar-refractivity contribution in [1.82, 2.24) is 10.6 Å². The van der Waals surface area contributed by atoms with Gasteiger partial charge in [0, 0.05) is 17.3 Å². The summed E-state index contributed by atoms with van der Waals surface area (Å²) < 4.78 is 21.5. The average Bonchev–Trinajstić information content (AvgIpc) is 2.92. The molecule has 1 aromatic rings. The summed E-state index contributed by atoms with van der Waals surface area (Å²) in [5, 5.41) is 45.6. The number of ether oxygens (including phenoxy) is 4. The fraction of sp³-hybridized carbons (Fsp3) is 0.538. The van der Waals surface area contributed by atoms with Crippen molar-refractivity contribution < 1.29 is 49.0 Å². The highest BCUT2D eigenvalue weighted by Crippen LogP contribution is 2.41. The van der Waals surface area contributed by atoms with E-state index in [0.29, 0.717) is 22.0 Å². The summed E-state index contributed by atoms with van der Waals surface area (Å²) in [7, 11) is 1.25. The van der Waals surface area contributed by atoms with Crippen molar-refractivity contribution in [1.29, 1.82) is 0 Å². The predicted molar refractivity (Wildman–Crippen MR) is 138 cm³/mol. The van der Waals surface area contributed by atoms with Crippen LogP contribution in [0.2, 0.25) is 5.02 Å². The van der Waals surface area contributed by atoms with Gasteiger partial charge < -0.3 is 44.7 Å². The second-order valence-electron chi connectivity index (χ2n) is 8.98. The Kier molecular flexibility index (Phi) is 11.3. The molecule has 1 aromatic carbocycles. The number of hydrogen-bond donors (Lipinski definition) is 6. The third-order valence-corrected chi connectivity index (χ3v) is 6.84. The lowest BCUT2D eigenvalue weighted by molar-refractivity contribution is -0.236. The minimum Gasteiger partial charge on any atom is -0.466 e. The lowest BCUT2D eigenvalue weighted by atomic mass is 9.80. The number of dihydropyridines is 1. The van der Waals surface area contributed by atoms with E-state index in [1.807, 2.05) is 0 Å². The predicted octanol–water partition coefficient (Wildman–Crippen LogP) is -0.303. The van der Waals surface area contributed by atoms with Crippen molar-refractivity contribution in [2.24, 2.45) is 0 Å². The van der Waals surface area contributed by atoms with E-state index in [1.165, 1.54) is 7.11 Å². The van der Waals surface area contributed by atoms with E-state index in [-0.39, 0.29) is 37.5 Å². The summed E-state index contributed by atoms with van der Waals surface area (Å²) in [6.45, 7) is 3.08. The molecule has 0 amide bonds. The van der Waals surface area contributed by atoms with Gasteiger partial charge in [-0.15, -0.1) is 0 Å². The summed E-state index contributed by atoms with van der Waals surface area (Å²) in [5.74, 6) is -2.16. The second-order valence-corrected chi connectivity index (χ2v) is 9.39. The first kappa shape index (κ1) is 31.0. The van der Waals surface area contributed by atoms with Crippen LogP contribution < -0.4 is 10.6 Å². The Morgan fingerprint density at radius 2 is 1.82 bits per heavy atom. The molecule has 3 unspecified atom stereocenters. The zero-order valence-corrected chi connectivity index (χ0v) is 22.7. The van der Waals surface area contributed by atoms with Gasteiger partial charge in [-0.25, -0.2) is 9.59 Å². The molecule has 216 valence electrons. The molecule has 39 heavy (non-hydrogen) atoms. The molecule has 12 nitrogen and oxygen atoms in total. The van der Waals surface area contributed by atoms with Crippen molar-refractivity contribution in [2.75, 3.05) is 40.1 Å². The van der Waals surface area contributed by atoms with E-state index < -0.39 is 55.1 Å². The largest absolute Gasteiger partial charge is 0.466 e. The number of hydrogen-bond acceptors (Lipinski definition) is 12. The number of aliphatic hydroxyl groups is 4. The highest BCUT2D eigenvalue weighted by Gasteiger charge is 2.43. The molecule has 0 saturated carbocycles. The van der Waals surface area contributed by atoms with Crippen LogP contribution in [-0.2, 0) is 28.5 Å². The van der Waals surface area contributed by atoms with Crippen LogP contribution in [0.3, 0.4) is 0 Å². The number of carbonyl (C=O) groups excluding carboxylic acids is 2. The summed E-state index contributed by atoms with van der Waals surface area (Å²) in [4.78, 5) is 26.0. The molecular formula is C26H35ClN2O10. The lowest BCUT2D eigenvalue weighted by Crippen LogP contribution is -2.62. The number of benzene rings is 1. The molecule has 0 bridgehead atoms. The number of carbonyl (C=O) groups is 2. The molecule has 0 radical (unpaired) electrons. The van der Waals surface area contributed by atoms with Gasteiger partial charge in [-0.05, 0) is 25.5 Å². The first-order valence-corrected chi connectivity index (χ1v) is 12.9. The molecule has 1 fully saturated rings. The zero-order valence-electron chi connectivity index (χ0n) is 21.9. The monoisotopic (exact) mass is 570 g/mol.